The average molecular weight is 300 g/mol. The summed E-state index contributed by atoms with van der Waals surface area (Å²) >= 11 is 0. The van der Waals surface area contributed by atoms with E-state index in [1.54, 1.807) is 0 Å². The van der Waals surface area contributed by atoms with Gasteiger partial charge in [-0.3, -0.25) is 5.43 Å². The standard InChI is InChI=1S/C11H20N6O2S/c1-8-5-9(3-4-17(8)2)16-20(18,19)10-6-13-11(15-12)14-7-10/h6-9,16H,3-5,12H2,1-2H3,(H,13,14,15). The van der Waals surface area contributed by atoms with Crippen molar-refractivity contribution >= 4 is 16.0 Å². The van der Waals surface area contributed by atoms with Crippen LogP contribution >= 0.6 is 0 Å². The van der Waals surface area contributed by atoms with Crippen LogP contribution in [0.1, 0.15) is 19.8 Å². The van der Waals surface area contributed by atoms with Gasteiger partial charge in [0.15, 0.2) is 0 Å². The maximum Gasteiger partial charge on any atom is 0.243 e. The van der Waals surface area contributed by atoms with Crippen LogP contribution in [0.2, 0.25) is 0 Å². The fourth-order valence-electron chi connectivity index (χ4n) is 2.21. The number of nitrogens with two attached hydrogens (primary N) is 1. The summed E-state index contributed by atoms with van der Waals surface area (Å²) in [6, 6.07) is 0.301. The van der Waals surface area contributed by atoms with Crippen molar-refractivity contribution in [1.82, 2.24) is 19.6 Å². The monoisotopic (exact) mass is 300 g/mol. The Kier molecular flexibility index (Phi) is 4.53. The summed E-state index contributed by atoms with van der Waals surface area (Å²) < 4.78 is 27.2. The van der Waals surface area contributed by atoms with Gasteiger partial charge in [0.25, 0.3) is 0 Å². The molecule has 2 rings (SSSR count). The number of nitrogens with one attached hydrogen (secondary N) is 2. The lowest BCUT2D eigenvalue weighted by molar-refractivity contribution is 0.178. The van der Waals surface area contributed by atoms with Crippen LogP contribution in [0.4, 0.5) is 5.95 Å². The number of nitrogen functional groups attached to an aromatic ring is 1. The van der Waals surface area contributed by atoms with E-state index < -0.39 is 10.0 Å². The minimum Gasteiger partial charge on any atom is -0.304 e. The van der Waals surface area contributed by atoms with Crippen LogP contribution < -0.4 is 16.0 Å². The number of hydrogen-bond donors (Lipinski definition) is 3. The Hall–Kier alpha value is -1.29. The molecule has 2 heterocycles. The van der Waals surface area contributed by atoms with Gasteiger partial charge in [0.1, 0.15) is 4.90 Å². The molecule has 0 bridgehead atoms. The van der Waals surface area contributed by atoms with E-state index in [4.69, 9.17) is 5.84 Å². The van der Waals surface area contributed by atoms with Crippen molar-refractivity contribution in [2.24, 2.45) is 5.84 Å². The maximum atomic E-state index is 12.2. The molecule has 2 unspecified atom stereocenters. The smallest absolute Gasteiger partial charge is 0.243 e. The molecule has 20 heavy (non-hydrogen) atoms. The molecule has 1 aromatic rings. The Balaban J connectivity index is 2.07. The second-order valence-electron chi connectivity index (χ2n) is 5.06. The maximum absolute atomic E-state index is 12.2. The van der Waals surface area contributed by atoms with Gasteiger partial charge in [0.05, 0.1) is 12.4 Å². The summed E-state index contributed by atoms with van der Waals surface area (Å²) in [5.41, 5.74) is 2.25. The molecule has 1 aliphatic heterocycles. The Morgan fingerprint density at radius 1 is 1.40 bits per heavy atom. The van der Waals surface area contributed by atoms with Crippen molar-refractivity contribution < 1.29 is 8.42 Å². The highest BCUT2D eigenvalue weighted by Crippen LogP contribution is 2.17. The number of hydrazine groups is 1. The van der Waals surface area contributed by atoms with Gasteiger partial charge in [-0.1, -0.05) is 0 Å². The normalized spacial score (nSPS) is 24.6. The molecule has 1 aromatic heterocycles. The molecule has 0 radical (unpaired) electrons. The summed E-state index contributed by atoms with van der Waals surface area (Å²) in [7, 11) is -1.54. The Morgan fingerprint density at radius 3 is 2.60 bits per heavy atom. The highest BCUT2D eigenvalue weighted by Gasteiger charge is 2.27. The third-order valence-electron chi connectivity index (χ3n) is 3.60. The van der Waals surface area contributed by atoms with E-state index in [0.29, 0.717) is 6.04 Å². The van der Waals surface area contributed by atoms with Crippen LogP contribution in [0.15, 0.2) is 17.3 Å². The first kappa shape index (κ1) is 15.1. The first-order chi connectivity index (χ1) is 9.42. The summed E-state index contributed by atoms with van der Waals surface area (Å²) in [6.07, 6.45) is 4.06. The first-order valence-electron chi connectivity index (χ1n) is 6.43. The summed E-state index contributed by atoms with van der Waals surface area (Å²) in [5, 5.41) is 0. The zero-order valence-electron chi connectivity index (χ0n) is 11.6. The molecule has 0 saturated carbocycles. The molecule has 0 spiro atoms. The van der Waals surface area contributed by atoms with Crippen LogP contribution in [-0.2, 0) is 10.0 Å². The van der Waals surface area contributed by atoms with E-state index >= 15 is 0 Å². The summed E-state index contributed by atoms with van der Waals surface area (Å²) in [5.74, 6) is 5.32. The molecule has 8 nitrogen and oxygen atoms in total. The predicted molar refractivity (Wildman–Crippen MR) is 75.3 cm³/mol. The quantitative estimate of drug-likeness (QED) is 0.508. The fraction of sp³-hybridized carbons (Fsp3) is 0.636. The number of rotatable bonds is 4. The number of aromatic nitrogens is 2. The molecule has 1 aliphatic rings. The summed E-state index contributed by atoms with van der Waals surface area (Å²) in [6.45, 7) is 2.96. The molecule has 0 aromatic carbocycles. The lowest BCUT2D eigenvalue weighted by atomic mass is 10.0. The average Bonchev–Trinajstić information content (AvgIpc) is 2.43. The lowest BCUT2D eigenvalue weighted by Gasteiger charge is -2.35. The number of nitrogens with zero attached hydrogens (tertiary/aromatic N) is 3. The number of sulfonamides is 1. The second-order valence-corrected chi connectivity index (χ2v) is 6.77. The minimum atomic E-state index is -3.59. The van der Waals surface area contributed by atoms with Crippen molar-refractivity contribution in [2.75, 3.05) is 19.0 Å². The minimum absolute atomic E-state index is 0.0445. The number of hydrogen-bond acceptors (Lipinski definition) is 7. The van der Waals surface area contributed by atoms with Gasteiger partial charge < -0.3 is 4.90 Å². The summed E-state index contributed by atoms with van der Waals surface area (Å²) in [4.78, 5) is 9.88. The number of likely N-dealkylation sites (tertiary alicyclic amines) is 1. The SMILES string of the molecule is CC1CC(NS(=O)(=O)c2cnc(NN)nc2)CCN1C. The number of piperidine rings is 1. The largest absolute Gasteiger partial charge is 0.304 e. The van der Waals surface area contributed by atoms with E-state index in [1.165, 1.54) is 12.4 Å². The molecule has 0 amide bonds. The van der Waals surface area contributed by atoms with Crippen molar-refractivity contribution in [2.45, 2.75) is 36.7 Å². The fourth-order valence-corrected chi connectivity index (χ4v) is 3.39. The molecule has 4 N–H and O–H groups in total. The van der Waals surface area contributed by atoms with Crippen molar-refractivity contribution in [1.29, 1.82) is 0 Å². The van der Waals surface area contributed by atoms with Crippen LogP contribution in [0.5, 0.6) is 0 Å². The van der Waals surface area contributed by atoms with Gasteiger partial charge in [-0.25, -0.2) is 29.0 Å². The molecule has 0 aliphatic carbocycles. The highest BCUT2D eigenvalue weighted by molar-refractivity contribution is 7.89. The van der Waals surface area contributed by atoms with Crippen molar-refractivity contribution in [3.05, 3.63) is 12.4 Å². The van der Waals surface area contributed by atoms with Gasteiger partial charge in [-0.2, -0.15) is 0 Å². The molecule has 112 valence electrons. The zero-order valence-corrected chi connectivity index (χ0v) is 12.4. The van der Waals surface area contributed by atoms with Crippen molar-refractivity contribution in [3.8, 4) is 0 Å². The predicted octanol–water partition coefficient (Wildman–Crippen LogP) is -0.477. The van der Waals surface area contributed by atoms with Gasteiger partial charge in [0.2, 0.25) is 16.0 Å². The Bertz CT molecular complexity index is 547. The van der Waals surface area contributed by atoms with E-state index in [9.17, 15) is 8.42 Å². The van der Waals surface area contributed by atoms with Crippen LogP contribution in [0.25, 0.3) is 0 Å². The van der Waals surface area contributed by atoms with Gasteiger partial charge in [-0.15, -0.1) is 0 Å². The molecular weight excluding hydrogens is 280 g/mol. The van der Waals surface area contributed by atoms with E-state index in [0.717, 1.165) is 19.4 Å². The van der Waals surface area contributed by atoms with E-state index in [2.05, 4.69) is 31.9 Å². The lowest BCUT2D eigenvalue weighted by Crippen LogP contribution is -2.47. The molecule has 1 fully saturated rings. The zero-order chi connectivity index (χ0) is 14.8. The Labute approximate surface area is 118 Å². The van der Waals surface area contributed by atoms with Crippen molar-refractivity contribution in [3.63, 3.8) is 0 Å². The molecule has 2 atom stereocenters. The van der Waals surface area contributed by atoms with E-state index in [-0.39, 0.29) is 16.9 Å². The first-order valence-corrected chi connectivity index (χ1v) is 7.92. The van der Waals surface area contributed by atoms with Crippen LogP contribution in [-0.4, -0.2) is 49.0 Å². The molecule has 1 saturated heterocycles. The third kappa shape index (κ3) is 3.42. The topological polar surface area (TPSA) is 113 Å². The third-order valence-corrected chi connectivity index (χ3v) is 5.07. The Morgan fingerprint density at radius 2 is 2.05 bits per heavy atom. The van der Waals surface area contributed by atoms with Crippen LogP contribution in [0.3, 0.4) is 0 Å². The van der Waals surface area contributed by atoms with Crippen LogP contribution in [0, 0.1) is 0 Å². The van der Waals surface area contributed by atoms with Gasteiger partial charge in [-0.05, 0) is 33.4 Å². The van der Waals surface area contributed by atoms with Gasteiger partial charge >= 0.3 is 0 Å². The number of anilines is 1. The molecule has 9 heteroatoms. The molecular formula is C11H20N6O2S. The van der Waals surface area contributed by atoms with E-state index in [1.807, 2.05) is 7.05 Å². The second kappa shape index (κ2) is 6.00. The highest BCUT2D eigenvalue weighted by atomic mass is 32.2. The van der Waals surface area contributed by atoms with Gasteiger partial charge in [0, 0.05) is 12.1 Å².